The minimum absolute atomic E-state index is 0.0511. The van der Waals surface area contributed by atoms with Crippen LogP contribution < -0.4 is 10.3 Å². The monoisotopic (exact) mass is 368 g/mol. The van der Waals surface area contributed by atoms with E-state index < -0.39 is 11.4 Å². The highest BCUT2D eigenvalue weighted by Crippen LogP contribution is 2.27. The fourth-order valence-corrected chi connectivity index (χ4v) is 2.68. The van der Waals surface area contributed by atoms with Gasteiger partial charge in [-0.05, 0) is 48.4 Å². The van der Waals surface area contributed by atoms with Crippen LogP contribution in [0.15, 0.2) is 53.3 Å². The number of aryl methyl sites for hydroxylation is 1. The van der Waals surface area contributed by atoms with Crippen molar-refractivity contribution in [3.63, 3.8) is 0 Å². The summed E-state index contributed by atoms with van der Waals surface area (Å²) in [6.45, 7) is 1.90. The maximum Gasteiger partial charge on any atom is 0.266 e. The van der Waals surface area contributed by atoms with Gasteiger partial charge >= 0.3 is 0 Å². The first-order valence-electron chi connectivity index (χ1n) is 7.79. The van der Waals surface area contributed by atoms with E-state index in [1.165, 1.54) is 12.1 Å². The number of benzene rings is 2. The largest absolute Gasteiger partial charge is 0.486 e. The number of ether oxygens (including phenoxy) is 1. The Balaban J connectivity index is 1.88. The topological polar surface area (TPSA) is 65.9 Å². The smallest absolute Gasteiger partial charge is 0.266 e. The maximum atomic E-state index is 14.4. The third-order valence-corrected chi connectivity index (χ3v) is 4.08. The molecular formula is C20H14ClFN2O2. The van der Waals surface area contributed by atoms with E-state index >= 15 is 0 Å². The number of aromatic amines is 1. The molecule has 0 spiro atoms. The van der Waals surface area contributed by atoms with Crippen molar-refractivity contribution in [2.24, 2.45) is 0 Å². The Morgan fingerprint density at radius 2 is 1.92 bits per heavy atom. The van der Waals surface area contributed by atoms with Gasteiger partial charge in [0.1, 0.15) is 18.2 Å². The molecule has 0 amide bonds. The highest BCUT2D eigenvalue weighted by Gasteiger charge is 2.13. The van der Waals surface area contributed by atoms with Crippen LogP contribution in [0.3, 0.4) is 0 Å². The molecule has 0 atom stereocenters. The number of nitrogens with one attached hydrogen (secondary N) is 1. The fraction of sp³-hybridized carbons (Fsp3) is 0.100. The van der Waals surface area contributed by atoms with Gasteiger partial charge in [0.05, 0.1) is 0 Å². The second kappa shape index (κ2) is 7.42. The van der Waals surface area contributed by atoms with E-state index in [0.717, 1.165) is 5.56 Å². The predicted octanol–water partition coefficient (Wildman–Crippen LogP) is 4.59. The van der Waals surface area contributed by atoms with Crippen molar-refractivity contribution in [3.8, 4) is 22.9 Å². The van der Waals surface area contributed by atoms with Crippen molar-refractivity contribution >= 4 is 11.6 Å². The van der Waals surface area contributed by atoms with Crippen LogP contribution in [0.25, 0.3) is 11.1 Å². The van der Waals surface area contributed by atoms with Crippen molar-refractivity contribution in [2.75, 3.05) is 0 Å². The van der Waals surface area contributed by atoms with Gasteiger partial charge in [-0.3, -0.25) is 4.79 Å². The average molecular weight is 369 g/mol. The lowest BCUT2D eigenvalue weighted by molar-refractivity contribution is 0.290. The minimum Gasteiger partial charge on any atom is -0.486 e. The molecule has 0 radical (unpaired) electrons. The summed E-state index contributed by atoms with van der Waals surface area (Å²) >= 11 is 5.83. The Bertz CT molecular complexity index is 1050. The van der Waals surface area contributed by atoms with E-state index in [-0.39, 0.29) is 17.9 Å². The van der Waals surface area contributed by atoms with Crippen molar-refractivity contribution in [3.05, 3.63) is 86.5 Å². The molecule has 0 aliphatic carbocycles. The van der Waals surface area contributed by atoms with Gasteiger partial charge in [0.15, 0.2) is 11.6 Å². The summed E-state index contributed by atoms with van der Waals surface area (Å²) in [5.41, 5.74) is 1.72. The third-order valence-electron chi connectivity index (χ3n) is 3.83. The summed E-state index contributed by atoms with van der Waals surface area (Å²) in [4.78, 5) is 14.5. The first-order valence-corrected chi connectivity index (χ1v) is 8.17. The van der Waals surface area contributed by atoms with Gasteiger partial charge in [0.2, 0.25) is 0 Å². The molecule has 0 aliphatic heterocycles. The number of rotatable bonds is 4. The summed E-state index contributed by atoms with van der Waals surface area (Å²) in [5, 5.41) is 9.82. The van der Waals surface area contributed by atoms with Crippen molar-refractivity contribution < 1.29 is 9.13 Å². The highest BCUT2D eigenvalue weighted by atomic mass is 35.5. The Kier molecular flexibility index (Phi) is 5.06. The normalized spacial score (nSPS) is 10.4. The molecule has 0 bridgehead atoms. The van der Waals surface area contributed by atoms with Gasteiger partial charge in [-0.2, -0.15) is 5.26 Å². The Morgan fingerprint density at radius 1 is 1.19 bits per heavy atom. The van der Waals surface area contributed by atoms with Gasteiger partial charge in [-0.25, -0.2) is 4.39 Å². The molecule has 1 aromatic heterocycles. The van der Waals surface area contributed by atoms with Crippen molar-refractivity contribution in [1.29, 1.82) is 5.26 Å². The van der Waals surface area contributed by atoms with E-state index in [1.807, 2.05) is 6.07 Å². The number of H-pyrrole nitrogens is 1. The second-order valence-electron chi connectivity index (χ2n) is 5.74. The summed E-state index contributed by atoms with van der Waals surface area (Å²) < 4.78 is 19.9. The molecule has 3 aromatic rings. The summed E-state index contributed by atoms with van der Waals surface area (Å²) in [5.74, 6) is -0.484. The maximum absolute atomic E-state index is 14.4. The molecule has 130 valence electrons. The van der Waals surface area contributed by atoms with Gasteiger partial charge in [-0.15, -0.1) is 0 Å². The number of nitriles is 1. The predicted molar refractivity (Wildman–Crippen MR) is 97.7 cm³/mol. The molecule has 0 saturated heterocycles. The molecule has 3 rings (SSSR count). The average Bonchev–Trinajstić information content (AvgIpc) is 2.61. The molecule has 26 heavy (non-hydrogen) atoms. The summed E-state index contributed by atoms with van der Waals surface area (Å²) in [6, 6.07) is 14.9. The summed E-state index contributed by atoms with van der Waals surface area (Å²) in [6.07, 6.45) is 0. The van der Waals surface area contributed by atoms with Crippen LogP contribution in [0.2, 0.25) is 5.02 Å². The van der Waals surface area contributed by atoms with Crippen LogP contribution in [-0.2, 0) is 6.61 Å². The number of pyridine rings is 1. The van der Waals surface area contributed by atoms with Gasteiger partial charge in [0.25, 0.3) is 5.56 Å². The molecule has 0 fully saturated rings. The van der Waals surface area contributed by atoms with Crippen LogP contribution in [0.4, 0.5) is 4.39 Å². The first-order chi connectivity index (χ1) is 12.5. The second-order valence-corrected chi connectivity index (χ2v) is 6.18. The van der Waals surface area contributed by atoms with Gasteiger partial charge in [0, 0.05) is 16.3 Å². The van der Waals surface area contributed by atoms with E-state index in [4.69, 9.17) is 16.3 Å². The standard InChI is InChI=1S/C20H14ClFN2O2/c1-12-8-16(17(10-23)20(25)24-12)14-4-7-19(18(22)9-14)26-11-13-2-5-15(21)6-3-13/h2-9H,11H2,1H3,(H,24,25). The Labute approximate surface area is 154 Å². The zero-order chi connectivity index (χ0) is 18.7. The van der Waals surface area contributed by atoms with E-state index in [1.54, 1.807) is 43.3 Å². The number of halogens is 2. The van der Waals surface area contributed by atoms with Crippen LogP contribution >= 0.6 is 11.6 Å². The molecule has 1 N–H and O–H groups in total. The number of nitrogens with zero attached hydrogens (tertiary/aromatic N) is 1. The lowest BCUT2D eigenvalue weighted by atomic mass is 10.0. The van der Waals surface area contributed by atoms with Crippen LogP contribution in [0.1, 0.15) is 16.8 Å². The van der Waals surface area contributed by atoms with Crippen LogP contribution in [-0.4, -0.2) is 4.98 Å². The number of hydrogen-bond donors (Lipinski definition) is 1. The molecule has 0 saturated carbocycles. The zero-order valence-corrected chi connectivity index (χ0v) is 14.6. The molecule has 4 nitrogen and oxygen atoms in total. The molecule has 0 aliphatic rings. The Morgan fingerprint density at radius 3 is 2.58 bits per heavy atom. The molecule has 6 heteroatoms. The molecular weight excluding hydrogens is 355 g/mol. The van der Waals surface area contributed by atoms with Crippen molar-refractivity contribution in [2.45, 2.75) is 13.5 Å². The molecule has 1 heterocycles. The van der Waals surface area contributed by atoms with Crippen LogP contribution in [0.5, 0.6) is 5.75 Å². The van der Waals surface area contributed by atoms with Gasteiger partial charge in [-0.1, -0.05) is 29.8 Å². The highest BCUT2D eigenvalue weighted by molar-refractivity contribution is 6.30. The minimum atomic E-state index is -0.571. The quantitative estimate of drug-likeness (QED) is 0.732. The lowest BCUT2D eigenvalue weighted by Crippen LogP contribution is -2.12. The lowest BCUT2D eigenvalue weighted by Gasteiger charge is -2.10. The first kappa shape index (κ1) is 17.7. The fourth-order valence-electron chi connectivity index (χ4n) is 2.55. The molecule has 0 unspecified atom stereocenters. The third kappa shape index (κ3) is 3.76. The molecule has 2 aromatic carbocycles. The summed E-state index contributed by atoms with van der Waals surface area (Å²) in [7, 11) is 0. The van der Waals surface area contributed by atoms with Crippen LogP contribution in [0, 0.1) is 24.1 Å². The van der Waals surface area contributed by atoms with E-state index in [0.29, 0.717) is 21.8 Å². The zero-order valence-electron chi connectivity index (χ0n) is 13.8. The van der Waals surface area contributed by atoms with E-state index in [9.17, 15) is 14.4 Å². The van der Waals surface area contributed by atoms with Gasteiger partial charge < -0.3 is 9.72 Å². The van der Waals surface area contributed by atoms with E-state index in [2.05, 4.69) is 4.98 Å². The SMILES string of the molecule is Cc1cc(-c2ccc(OCc3ccc(Cl)cc3)c(F)c2)c(C#N)c(=O)[nH]1. The number of aromatic nitrogens is 1. The Hall–Kier alpha value is -3.10. The van der Waals surface area contributed by atoms with Crippen molar-refractivity contribution in [1.82, 2.24) is 4.98 Å². The number of hydrogen-bond acceptors (Lipinski definition) is 3.